The van der Waals surface area contributed by atoms with Crippen molar-refractivity contribution in [2.75, 3.05) is 20.6 Å². The van der Waals surface area contributed by atoms with Crippen molar-refractivity contribution >= 4 is 11.8 Å². The average Bonchev–Trinajstić information content (AvgIpc) is 2.42. The van der Waals surface area contributed by atoms with E-state index in [1.54, 1.807) is 14.1 Å². The van der Waals surface area contributed by atoms with Crippen LogP contribution in [-0.4, -0.2) is 43.4 Å². The van der Waals surface area contributed by atoms with E-state index in [4.69, 9.17) is 5.73 Å². The molecule has 1 rings (SSSR count). The van der Waals surface area contributed by atoms with Gasteiger partial charge in [-0.1, -0.05) is 30.3 Å². The van der Waals surface area contributed by atoms with Crippen molar-refractivity contribution < 1.29 is 9.59 Å². The highest BCUT2D eigenvalue weighted by molar-refractivity contribution is 5.87. The third kappa shape index (κ3) is 5.52. The molecule has 1 atom stereocenters. The van der Waals surface area contributed by atoms with Crippen molar-refractivity contribution in [3.63, 3.8) is 0 Å². The van der Waals surface area contributed by atoms with Crippen LogP contribution < -0.4 is 11.1 Å². The molecule has 0 bridgehead atoms. The minimum atomic E-state index is -0.588. The predicted molar refractivity (Wildman–Crippen MR) is 74.4 cm³/mol. The quantitative estimate of drug-likeness (QED) is 0.767. The molecule has 104 valence electrons. The first-order valence-corrected chi connectivity index (χ1v) is 6.28. The molecule has 0 unspecified atom stereocenters. The number of nitrogens with one attached hydrogen (secondary N) is 1. The molecule has 1 aromatic carbocycles. The summed E-state index contributed by atoms with van der Waals surface area (Å²) in [6.07, 6.45) is 1.31. The summed E-state index contributed by atoms with van der Waals surface area (Å²) in [6, 6.07) is 9.27. The van der Waals surface area contributed by atoms with Gasteiger partial charge in [0.15, 0.2) is 0 Å². The lowest BCUT2D eigenvalue weighted by Gasteiger charge is -2.14. The highest BCUT2D eigenvalue weighted by Crippen LogP contribution is 2.03. The predicted octanol–water partition coefficient (Wildman–Crippen LogP) is 0.151. The zero-order chi connectivity index (χ0) is 14.3. The van der Waals surface area contributed by atoms with Gasteiger partial charge < -0.3 is 16.0 Å². The topological polar surface area (TPSA) is 75.4 Å². The van der Waals surface area contributed by atoms with Crippen LogP contribution in [0.3, 0.4) is 0 Å². The largest absolute Gasteiger partial charge is 0.347 e. The second-order valence-electron chi connectivity index (χ2n) is 4.64. The summed E-state index contributed by atoms with van der Waals surface area (Å²) in [6.45, 7) is -0.00906. The van der Waals surface area contributed by atoms with E-state index >= 15 is 0 Å². The molecule has 0 radical (unpaired) electrons. The maximum atomic E-state index is 11.7. The fourth-order valence-electron chi connectivity index (χ4n) is 1.55. The zero-order valence-electron chi connectivity index (χ0n) is 11.4. The molecule has 0 aliphatic heterocycles. The van der Waals surface area contributed by atoms with Crippen LogP contribution in [0.2, 0.25) is 0 Å². The van der Waals surface area contributed by atoms with Crippen LogP contribution in [0.25, 0.3) is 0 Å². The molecule has 0 saturated heterocycles. The third-order valence-electron chi connectivity index (χ3n) is 2.84. The number of nitrogens with zero attached hydrogens (tertiary/aromatic N) is 1. The average molecular weight is 263 g/mol. The number of rotatable bonds is 6. The smallest absolute Gasteiger partial charge is 0.241 e. The van der Waals surface area contributed by atoms with Gasteiger partial charge in [-0.3, -0.25) is 9.59 Å². The number of likely N-dealkylation sites (N-methyl/N-ethyl adjacent to an activating group) is 1. The number of hydrogen-bond acceptors (Lipinski definition) is 3. The van der Waals surface area contributed by atoms with E-state index in [2.05, 4.69) is 5.32 Å². The molecule has 5 nitrogen and oxygen atoms in total. The van der Waals surface area contributed by atoms with Gasteiger partial charge in [-0.2, -0.15) is 0 Å². The van der Waals surface area contributed by atoms with Crippen molar-refractivity contribution in [1.29, 1.82) is 0 Å². The van der Waals surface area contributed by atoms with E-state index in [-0.39, 0.29) is 18.4 Å². The number of nitrogens with two attached hydrogens (primary N) is 1. The van der Waals surface area contributed by atoms with Crippen molar-refractivity contribution in [2.24, 2.45) is 5.73 Å². The van der Waals surface area contributed by atoms with E-state index < -0.39 is 6.04 Å². The Balaban J connectivity index is 2.31. The Morgan fingerprint density at radius 3 is 2.47 bits per heavy atom. The summed E-state index contributed by atoms with van der Waals surface area (Å²) in [4.78, 5) is 24.4. The lowest BCUT2D eigenvalue weighted by Crippen LogP contribution is -2.44. The molecule has 0 aliphatic rings. The van der Waals surface area contributed by atoms with Crippen molar-refractivity contribution in [3.05, 3.63) is 35.9 Å². The van der Waals surface area contributed by atoms with Gasteiger partial charge in [0.1, 0.15) is 0 Å². The van der Waals surface area contributed by atoms with Crippen LogP contribution in [0.1, 0.15) is 12.0 Å². The Hall–Kier alpha value is -1.88. The second-order valence-corrected chi connectivity index (χ2v) is 4.64. The molecule has 1 aromatic rings. The Labute approximate surface area is 113 Å². The first-order valence-electron chi connectivity index (χ1n) is 6.28. The highest BCUT2D eigenvalue weighted by Gasteiger charge is 2.14. The molecule has 2 amide bonds. The van der Waals surface area contributed by atoms with E-state index in [0.29, 0.717) is 6.42 Å². The van der Waals surface area contributed by atoms with Gasteiger partial charge in [0.05, 0.1) is 12.6 Å². The molecule has 3 N–H and O–H groups in total. The number of amides is 2. The number of carbonyl (C=O) groups is 2. The number of hydrogen-bond donors (Lipinski definition) is 2. The van der Waals surface area contributed by atoms with Crippen LogP contribution in [0.5, 0.6) is 0 Å². The number of carbonyl (C=O) groups excluding carboxylic acids is 2. The molecule has 0 aliphatic carbocycles. The van der Waals surface area contributed by atoms with E-state index in [0.717, 1.165) is 12.0 Å². The van der Waals surface area contributed by atoms with Gasteiger partial charge in [-0.05, 0) is 18.4 Å². The van der Waals surface area contributed by atoms with Gasteiger partial charge in [-0.25, -0.2) is 0 Å². The molecule has 0 saturated carbocycles. The molecule has 0 fully saturated rings. The summed E-state index contributed by atoms with van der Waals surface area (Å²) in [7, 11) is 3.29. The first-order chi connectivity index (χ1) is 9.00. The SMILES string of the molecule is CN(C)C(=O)CNC(=O)[C@@H](N)CCc1ccccc1. The maximum absolute atomic E-state index is 11.7. The van der Waals surface area contributed by atoms with Crippen LogP contribution in [0.15, 0.2) is 30.3 Å². The van der Waals surface area contributed by atoms with E-state index in [9.17, 15) is 9.59 Å². The maximum Gasteiger partial charge on any atom is 0.241 e. The Morgan fingerprint density at radius 2 is 1.89 bits per heavy atom. The number of benzene rings is 1. The Bertz CT molecular complexity index is 418. The molecule has 5 heteroatoms. The lowest BCUT2D eigenvalue weighted by atomic mass is 10.1. The Morgan fingerprint density at radius 1 is 1.26 bits per heavy atom. The second kappa shape index (κ2) is 7.53. The van der Waals surface area contributed by atoms with Crippen LogP contribution >= 0.6 is 0 Å². The monoisotopic (exact) mass is 263 g/mol. The molecule has 0 aromatic heterocycles. The van der Waals surface area contributed by atoms with Crippen LogP contribution in [-0.2, 0) is 16.0 Å². The van der Waals surface area contributed by atoms with Crippen molar-refractivity contribution in [1.82, 2.24) is 10.2 Å². The van der Waals surface area contributed by atoms with Gasteiger partial charge in [0.2, 0.25) is 11.8 Å². The molecular weight excluding hydrogens is 242 g/mol. The van der Waals surface area contributed by atoms with Crippen LogP contribution in [0, 0.1) is 0 Å². The summed E-state index contributed by atoms with van der Waals surface area (Å²) >= 11 is 0. The van der Waals surface area contributed by atoms with Crippen molar-refractivity contribution in [3.8, 4) is 0 Å². The zero-order valence-corrected chi connectivity index (χ0v) is 11.4. The molecule has 0 spiro atoms. The summed E-state index contributed by atoms with van der Waals surface area (Å²) in [5.74, 6) is -0.435. The fraction of sp³-hybridized carbons (Fsp3) is 0.429. The standard InChI is InChI=1S/C14H21N3O2/c1-17(2)13(18)10-16-14(19)12(15)9-8-11-6-4-3-5-7-11/h3-7,12H,8-10,15H2,1-2H3,(H,16,19)/t12-/m0/s1. The van der Waals surface area contributed by atoms with E-state index in [1.807, 2.05) is 30.3 Å². The third-order valence-corrected chi connectivity index (χ3v) is 2.84. The highest BCUT2D eigenvalue weighted by atomic mass is 16.2. The normalized spacial score (nSPS) is 11.7. The van der Waals surface area contributed by atoms with Gasteiger partial charge >= 0.3 is 0 Å². The molecule has 0 heterocycles. The minimum Gasteiger partial charge on any atom is -0.347 e. The van der Waals surface area contributed by atoms with Gasteiger partial charge in [0.25, 0.3) is 0 Å². The minimum absolute atomic E-state index is 0.00906. The lowest BCUT2D eigenvalue weighted by molar-refractivity contribution is -0.131. The molecular formula is C14H21N3O2. The van der Waals surface area contributed by atoms with Crippen molar-refractivity contribution in [2.45, 2.75) is 18.9 Å². The van der Waals surface area contributed by atoms with Gasteiger partial charge in [-0.15, -0.1) is 0 Å². The Kier molecular flexibility index (Phi) is 6.02. The summed E-state index contributed by atoms with van der Waals surface area (Å²) in [5.41, 5.74) is 6.94. The first kappa shape index (κ1) is 15.2. The fourth-order valence-corrected chi connectivity index (χ4v) is 1.55. The summed E-state index contributed by atoms with van der Waals surface area (Å²) in [5, 5.41) is 2.54. The molecule has 19 heavy (non-hydrogen) atoms. The number of aryl methyl sites for hydroxylation is 1. The van der Waals surface area contributed by atoms with Crippen LogP contribution in [0.4, 0.5) is 0 Å². The van der Waals surface area contributed by atoms with Gasteiger partial charge in [0, 0.05) is 14.1 Å². The van der Waals surface area contributed by atoms with E-state index in [1.165, 1.54) is 4.90 Å². The summed E-state index contributed by atoms with van der Waals surface area (Å²) < 4.78 is 0.